The third-order valence-electron chi connectivity index (χ3n) is 4.64. The van der Waals surface area contributed by atoms with Crippen LogP contribution in [0.5, 0.6) is 11.5 Å². The van der Waals surface area contributed by atoms with Gasteiger partial charge in [0, 0.05) is 18.7 Å². The average Bonchev–Trinajstić information content (AvgIpc) is 2.77. The second-order valence-electron chi connectivity index (χ2n) is 6.68. The van der Waals surface area contributed by atoms with E-state index in [2.05, 4.69) is 0 Å². The molecule has 0 amide bonds. The SMILES string of the molecule is CCCOc1c(CN2CCCC(O)(C(F)(F)F)CC2)cccc1OCC. The molecule has 1 N–H and O–H groups in total. The van der Waals surface area contributed by atoms with E-state index in [0.717, 1.165) is 12.0 Å². The molecule has 1 fully saturated rings. The van der Waals surface area contributed by atoms with Crippen LogP contribution >= 0.6 is 0 Å². The van der Waals surface area contributed by atoms with Gasteiger partial charge in [-0.1, -0.05) is 19.1 Å². The van der Waals surface area contributed by atoms with Crippen molar-refractivity contribution in [1.82, 2.24) is 4.90 Å². The smallest absolute Gasteiger partial charge is 0.417 e. The number of para-hydroxylation sites is 1. The molecule has 26 heavy (non-hydrogen) atoms. The van der Waals surface area contributed by atoms with Gasteiger partial charge in [-0.15, -0.1) is 0 Å². The summed E-state index contributed by atoms with van der Waals surface area (Å²) in [5, 5.41) is 9.96. The van der Waals surface area contributed by atoms with Crippen LogP contribution in [0.25, 0.3) is 0 Å². The lowest BCUT2D eigenvalue weighted by Gasteiger charge is -2.29. The van der Waals surface area contributed by atoms with E-state index in [9.17, 15) is 18.3 Å². The molecule has 0 aliphatic carbocycles. The molecule has 0 radical (unpaired) electrons. The van der Waals surface area contributed by atoms with Crippen molar-refractivity contribution in [3.63, 3.8) is 0 Å². The lowest BCUT2D eigenvalue weighted by Crippen LogP contribution is -2.45. The number of hydrogen-bond acceptors (Lipinski definition) is 4. The molecule has 1 aliphatic rings. The molecule has 1 unspecified atom stereocenters. The number of rotatable bonds is 7. The number of hydrogen-bond donors (Lipinski definition) is 1. The van der Waals surface area contributed by atoms with Crippen LogP contribution in [0.15, 0.2) is 18.2 Å². The molecule has 2 rings (SSSR count). The minimum absolute atomic E-state index is 0.183. The maximum absolute atomic E-state index is 13.1. The number of halogens is 3. The van der Waals surface area contributed by atoms with E-state index < -0.39 is 11.8 Å². The van der Waals surface area contributed by atoms with Crippen LogP contribution in [0.1, 0.15) is 45.1 Å². The highest BCUT2D eigenvalue weighted by Gasteiger charge is 2.53. The summed E-state index contributed by atoms with van der Waals surface area (Å²) in [4.78, 5) is 1.94. The minimum atomic E-state index is -4.59. The molecule has 1 saturated heterocycles. The van der Waals surface area contributed by atoms with Gasteiger partial charge in [0.1, 0.15) is 0 Å². The largest absolute Gasteiger partial charge is 0.490 e. The summed E-state index contributed by atoms with van der Waals surface area (Å²) < 4.78 is 50.8. The van der Waals surface area contributed by atoms with Gasteiger partial charge in [0.25, 0.3) is 0 Å². The predicted molar refractivity (Wildman–Crippen MR) is 93.5 cm³/mol. The molecule has 148 valence electrons. The maximum Gasteiger partial charge on any atom is 0.417 e. The Kier molecular flexibility index (Phi) is 7.17. The first-order valence-electron chi connectivity index (χ1n) is 9.19. The lowest BCUT2D eigenvalue weighted by molar-refractivity contribution is -0.263. The number of ether oxygens (including phenoxy) is 2. The number of benzene rings is 1. The van der Waals surface area contributed by atoms with Crippen LogP contribution in [0, 0.1) is 0 Å². The van der Waals surface area contributed by atoms with E-state index in [1.165, 1.54) is 0 Å². The van der Waals surface area contributed by atoms with Crippen molar-refractivity contribution in [2.24, 2.45) is 0 Å². The molecule has 1 aromatic carbocycles. The number of likely N-dealkylation sites (tertiary alicyclic amines) is 1. The Hall–Kier alpha value is -1.47. The Morgan fingerprint density at radius 1 is 1.15 bits per heavy atom. The van der Waals surface area contributed by atoms with Gasteiger partial charge in [-0.3, -0.25) is 4.90 Å². The molecule has 1 atom stereocenters. The van der Waals surface area contributed by atoms with Crippen LogP contribution in [-0.4, -0.2) is 48.1 Å². The molecule has 7 heteroatoms. The first kappa shape index (κ1) is 20.8. The second kappa shape index (κ2) is 8.95. The fourth-order valence-corrected chi connectivity index (χ4v) is 3.18. The van der Waals surface area contributed by atoms with E-state index in [-0.39, 0.29) is 19.4 Å². The summed E-state index contributed by atoms with van der Waals surface area (Å²) in [6.07, 6.45) is -4.01. The van der Waals surface area contributed by atoms with Crippen molar-refractivity contribution >= 4 is 0 Å². The van der Waals surface area contributed by atoms with Crippen molar-refractivity contribution in [3.05, 3.63) is 23.8 Å². The molecule has 0 saturated carbocycles. The van der Waals surface area contributed by atoms with Gasteiger partial charge < -0.3 is 14.6 Å². The van der Waals surface area contributed by atoms with Crippen LogP contribution in [0.3, 0.4) is 0 Å². The standard InChI is InChI=1S/C19H28F3NO3/c1-3-13-26-17-15(7-5-8-16(17)25-4-2)14-23-11-6-9-18(24,10-12-23)19(20,21)22/h5,7-8,24H,3-4,6,9-14H2,1-2H3. The Balaban J connectivity index is 2.14. The average molecular weight is 375 g/mol. The molecular weight excluding hydrogens is 347 g/mol. The van der Waals surface area contributed by atoms with Gasteiger partial charge in [0.05, 0.1) is 13.2 Å². The number of nitrogens with zero attached hydrogens (tertiary/aromatic N) is 1. The monoisotopic (exact) mass is 375 g/mol. The van der Waals surface area contributed by atoms with E-state index in [1.807, 2.05) is 36.9 Å². The number of alkyl halides is 3. The molecule has 1 heterocycles. The first-order chi connectivity index (χ1) is 12.3. The summed E-state index contributed by atoms with van der Waals surface area (Å²) in [6.45, 7) is 6.11. The Morgan fingerprint density at radius 3 is 2.58 bits per heavy atom. The molecule has 0 aromatic heterocycles. The molecule has 4 nitrogen and oxygen atoms in total. The quantitative estimate of drug-likeness (QED) is 0.777. The predicted octanol–water partition coefficient (Wildman–Crippen LogP) is 4.15. The van der Waals surface area contributed by atoms with Gasteiger partial charge in [-0.25, -0.2) is 0 Å². The zero-order valence-corrected chi connectivity index (χ0v) is 15.4. The minimum Gasteiger partial charge on any atom is -0.490 e. The molecule has 0 bridgehead atoms. The normalized spacial score (nSPS) is 22.1. The zero-order chi connectivity index (χ0) is 19.2. The van der Waals surface area contributed by atoms with Gasteiger partial charge in [-0.2, -0.15) is 13.2 Å². The second-order valence-corrected chi connectivity index (χ2v) is 6.68. The van der Waals surface area contributed by atoms with Crippen molar-refractivity contribution < 1.29 is 27.8 Å². The van der Waals surface area contributed by atoms with E-state index in [4.69, 9.17) is 9.47 Å². The third-order valence-corrected chi connectivity index (χ3v) is 4.64. The summed E-state index contributed by atoms with van der Waals surface area (Å²) in [5.74, 6) is 1.31. The summed E-state index contributed by atoms with van der Waals surface area (Å²) in [7, 11) is 0. The Labute approximate surface area is 152 Å². The van der Waals surface area contributed by atoms with E-state index in [1.54, 1.807) is 0 Å². The Morgan fingerprint density at radius 2 is 1.92 bits per heavy atom. The highest BCUT2D eigenvalue weighted by molar-refractivity contribution is 5.46. The first-order valence-corrected chi connectivity index (χ1v) is 9.19. The van der Waals surface area contributed by atoms with Gasteiger partial charge in [0.15, 0.2) is 17.1 Å². The molecule has 1 aliphatic heterocycles. The topological polar surface area (TPSA) is 41.9 Å². The van der Waals surface area contributed by atoms with Gasteiger partial charge >= 0.3 is 6.18 Å². The molecular formula is C19H28F3NO3. The fraction of sp³-hybridized carbons (Fsp3) is 0.684. The maximum atomic E-state index is 13.1. The van der Waals surface area contributed by atoms with Crippen LogP contribution in [0.2, 0.25) is 0 Å². The van der Waals surface area contributed by atoms with Crippen LogP contribution in [-0.2, 0) is 6.54 Å². The van der Waals surface area contributed by atoms with Gasteiger partial charge in [0.2, 0.25) is 0 Å². The van der Waals surface area contributed by atoms with Crippen molar-refractivity contribution in [2.75, 3.05) is 26.3 Å². The summed E-state index contributed by atoms with van der Waals surface area (Å²) >= 11 is 0. The fourth-order valence-electron chi connectivity index (χ4n) is 3.18. The Bertz CT molecular complexity index is 580. The van der Waals surface area contributed by atoms with Crippen molar-refractivity contribution in [2.45, 2.75) is 57.9 Å². The van der Waals surface area contributed by atoms with Crippen molar-refractivity contribution in [3.8, 4) is 11.5 Å². The summed E-state index contributed by atoms with van der Waals surface area (Å²) in [5.41, 5.74) is -1.70. The van der Waals surface area contributed by atoms with E-state index >= 15 is 0 Å². The highest BCUT2D eigenvalue weighted by Crippen LogP contribution is 2.39. The molecule has 1 aromatic rings. The lowest BCUT2D eigenvalue weighted by atomic mass is 9.94. The van der Waals surface area contributed by atoms with E-state index in [0.29, 0.717) is 44.2 Å². The van der Waals surface area contributed by atoms with Crippen molar-refractivity contribution in [1.29, 1.82) is 0 Å². The van der Waals surface area contributed by atoms with Crippen LogP contribution < -0.4 is 9.47 Å². The van der Waals surface area contributed by atoms with Gasteiger partial charge in [-0.05, 0) is 45.2 Å². The summed E-state index contributed by atoms with van der Waals surface area (Å²) in [6, 6.07) is 5.61. The third kappa shape index (κ3) is 5.04. The highest BCUT2D eigenvalue weighted by atomic mass is 19.4. The van der Waals surface area contributed by atoms with Crippen LogP contribution in [0.4, 0.5) is 13.2 Å². The zero-order valence-electron chi connectivity index (χ0n) is 15.4. The molecule has 0 spiro atoms. The number of aliphatic hydroxyl groups is 1.